The molecule has 0 aliphatic rings. The second-order valence-corrected chi connectivity index (χ2v) is 7.91. The summed E-state index contributed by atoms with van der Waals surface area (Å²) in [4.78, 5) is 4.20. The number of tetrazole rings is 1. The molecule has 0 spiro atoms. The van der Waals surface area contributed by atoms with E-state index >= 15 is 0 Å². The van der Waals surface area contributed by atoms with Crippen LogP contribution in [0.2, 0.25) is 0 Å². The van der Waals surface area contributed by atoms with Gasteiger partial charge in [-0.05, 0) is 46.3 Å². The largest absolute Gasteiger partial charge is 0.439 e. The van der Waals surface area contributed by atoms with Crippen LogP contribution in [0.3, 0.4) is 0 Å². The zero-order valence-electron chi connectivity index (χ0n) is 15.4. The number of hydrogen-bond donors (Lipinski definition) is 1. The zero-order valence-corrected chi connectivity index (χ0v) is 16.2. The molecule has 0 saturated heterocycles. The number of ether oxygens (including phenoxy) is 1. The highest BCUT2D eigenvalue weighted by atomic mass is 32.2. The molecule has 30 heavy (non-hydrogen) atoms. The van der Waals surface area contributed by atoms with E-state index in [0.29, 0.717) is 17.0 Å². The van der Waals surface area contributed by atoms with E-state index in [1.165, 1.54) is 47.5 Å². The normalized spacial score (nSPS) is 11.4. The van der Waals surface area contributed by atoms with Crippen LogP contribution in [0, 0.1) is 5.82 Å². The van der Waals surface area contributed by atoms with Crippen molar-refractivity contribution in [2.75, 3.05) is 0 Å². The van der Waals surface area contributed by atoms with Gasteiger partial charge in [-0.15, -0.1) is 5.10 Å². The van der Waals surface area contributed by atoms with E-state index < -0.39 is 15.8 Å². The molecule has 0 radical (unpaired) electrons. The highest BCUT2D eigenvalue weighted by molar-refractivity contribution is 7.89. The molecule has 0 aliphatic heterocycles. The van der Waals surface area contributed by atoms with Gasteiger partial charge in [0.05, 0.1) is 10.6 Å². The fourth-order valence-corrected chi connectivity index (χ4v) is 3.62. The summed E-state index contributed by atoms with van der Waals surface area (Å²) < 4.78 is 47.8. The molecule has 9 nitrogen and oxygen atoms in total. The van der Waals surface area contributed by atoms with Crippen LogP contribution in [0.1, 0.15) is 5.56 Å². The average Bonchev–Trinajstić information content (AvgIpc) is 3.29. The second kappa shape index (κ2) is 8.35. The molecule has 0 aliphatic carbocycles. The van der Waals surface area contributed by atoms with Gasteiger partial charge in [-0.1, -0.05) is 18.2 Å². The van der Waals surface area contributed by atoms with E-state index in [-0.39, 0.29) is 17.3 Å². The molecule has 0 saturated carbocycles. The summed E-state index contributed by atoms with van der Waals surface area (Å²) in [6, 6.07) is 15.2. The van der Waals surface area contributed by atoms with Gasteiger partial charge < -0.3 is 4.74 Å². The molecular formula is C19H15FN6O3S. The quantitative estimate of drug-likeness (QED) is 0.483. The van der Waals surface area contributed by atoms with Crippen molar-refractivity contribution in [3.63, 3.8) is 0 Å². The molecule has 0 amide bonds. The number of nitrogens with one attached hydrogen (secondary N) is 1. The lowest BCUT2D eigenvalue weighted by atomic mass is 10.3. The summed E-state index contributed by atoms with van der Waals surface area (Å²) in [6.07, 6.45) is 2.85. The summed E-state index contributed by atoms with van der Waals surface area (Å²) in [5.41, 5.74) is 1.14. The summed E-state index contributed by atoms with van der Waals surface area (Å²) in [7, 11) is -3.77. The van der Waals surface area contributed by atoms with E-state index in [1.54, 1.807) is 30.3 Å². The maximum atomic E-state index is 13.2. The van der Waals surface area contributed by atoms with Crippen LogP contribution >= 0.6 is 0 Å². The van der Waals surface area contributed by atoms with Gasteiger partial charge in [0.1, 0.15) is 17.9 Å². The maximum absolute atomic E-state index is 13.2. The first-order valence-corrected chi connectivity index (χ1v) is 10.2. The zero-order chi connectivity index (χ0) is 21.0. The first kappa shape index (κ1) is 19.6. The number of benzene rings is 2. The van der Waals surface area contributed by atoms with Crippen molar-refractivity contribution in [3.05, 3.63) is 84.6 Å². The Hall–Kier alpha value is -3.70. The number of hydrogen-bond acceptors (Lipinski definition) is 7. The van der Waals surface area contributed by atoms with Gasteiger partial charge in [-0.3, -0.25) is 0 Å². The minimum Gasteiger partial charge on any atom is -0.439 e. The van der Waals surface area contributed by atoms with Crippen LogP contribution in [0.4, 0.5) is 4.39 Å². The Morgan fingerprint density at radius 2 is 1.93 bits per heavy atom. The summed E-state index contributed by atoms with van der Waals surface area (Å²) in [6.45, 7) is 0.0324. The van der Waals surface area contributed by atoms with Gasteiger partial charge in [0.25, 0.3) is 0 Å². The first-order chi connectivity index (χ1) is 14.5. The van der Waals surface area contributed by atoms with Crippen molar-refractivity contribution >= 4 is 10.0 Å². The monoisotopic (exact) mass is 426 g/mol. The number of rotatable bonds is 7. The van der Waals surface area contributed by atoms with Crippen LogP contribution in [0.15, 0.2) is 78.1 Å². The molecule has 0 bridgehead atoms. The van der Waals surface area contributed by atoms with E-state index in [1.807, 2.05) is 0 Å². The Morgan fingerprint density at radius 3 is 2.67 bits per heavy atom. The Labute approximate surface area is 171 Å². The van der Waals surface area contributed by atoms with E-state index in [4.69, 9.17) is 4.74 Å². The molecule has 0 unspecified atom stereocenters. The molecule has 1 N–H and O–H groups in total. The molecule has 2 heterocycles. The van der Waals surface area contributed by atoms with Crippen molar-refractivity contribution < 1.29 is 17.5 Å². The van der Waals surface area contributed by atoms with Gasteiger partial charge in [-0.2, -0.15) is 0 Å². The third kappa shape index (κ3) is 4.64. The average molecular weight is 426 g/mol. The van der Waals surface area contributed by atoms with Gasteiger partial charge in [0, 0.05) is 24.9 Å². The SMILES string of the molecule is O=S(=O)(NCc1ccc(Oc2cccc(F)c2)nc1)c1cccc(-n2cnnn2)c1. The predicted molar refractivity (Wildman–Crippen MR) is 104 cm³/mol. The highest BCUT2D eigenvalue weighted by Gasteiger charge is 2.15. The number of halogens is 1. The van der Waals surface area contributed by atoms with Crippen molar-refractivity contribution in [1.29, 1.82) is 0 Å². The molecule has 11 heteroatoms. The molecule has 4 rings (SSSR count). The standard InChI is InChI=1S/C19H15FN6O3S/c20-15-3-1-5-17(9-15)29-19-8-7-14(11-21-19)12-23-30(27,28)18-6-2-4-16(10-18)26-13-22-24-25-26/h1-11,13,23H,12H2. The van der Waals surface area contributed by atoms with Gasteiger partial charge in [0.2, 0.25) is 15.9 Å². The first-order valence-electron chi connectivity index (χ1n) is 8.71. The molecule has 152 valence electrons. The fourth-order valence-electron chi connectivity index (χ4n) is 2.56. The Kier molecular flexibility index (Phi) is 5.46. The fraction of sp³-hybridized carbons (Fsp3) is 0.0526. The number of aromatic nitrogens is 5. The Morgan fingerprint density at radius 1 is 1.07 bits per heavy atom. The maximum Gasteiger partial charge on any atom is 0.240 e. The molecule has 2 aromatic carbocycles. The van der Waals surface area contributed by atoms with Crippen LogP contribution in [0.5, 0.6) is 11.6 Å². The van der Waals surface area contributed by atoms with Gasteiger partial charge >= 0.3 is 0 Å². The van der Waals surface area contributed by atoms with Crippen molar-refractivity contribution in [2.24, 2.45) is 0 Å². The van der Waals surface area contributed by atoms with Crippen LogP contribution in [-0.4, -0.2) is 33.6 Å². The van der Waals surface area contributed by atoms with Crippen LogP contribution < -0.4 is 9.46 Å². The third-order valence-electron chi connectivity index (χ3n) is 4.02. The lowest BCUT2D eigenvalue weighted by Crippen LogP contribution is -2.23. The molecule has 2 aromatic heterocycles. The van der Waals surface area contributed by atoms with E-state index in [0.717, 1.165) is 0 Å². The van der Waals surface area contributed by atoms with Crippen LogP contribution in [-0.2, 0) is 16.6 Å². The molecule has 0 fully saturated rings. The van der Waals surface area contributed by atoms with Crippen molar-refractivity contribution in [2.45, 2.75) is 11.4 Å². The number of nitrogens with zero attached hydrogens (tertiary/aromatic N) is 5. The van der Waals surface area contributed by atoms with Crippen molar-refractivity contribution in [3.8, 4) is 17.3 Å². The Bertz CT molecular complexity index is 1250. The van der Waals surface area contributed by atoms with Crippen LogP contribution in [0.25, 0.3) is 5.69 Å². The second-order valence-electron chi connectivity index (χ2n) is 6.14. The topological polar surface area (TPSA) is 112 Å². The number of pyridine rings is 1. The predicted octanol–water partition coefficient (Wildman–Crippen LogP) is 2.47. The number of sulfonamides is 1. The Balaban J connectivity index is 1.42. The van der Waals surface area contributed by atoms with Gasteiger partial charge in [0.15, 0.2) is 0 Å². The molecule has 4 aromatic rings. The minimum atomic E-state index is -3.77. The minimum absolute atomic E-state index is 0.0324. The summed E-state index contributed by atoms with van der Waals surface area (Å²) in [5.74, 6) is 0.169. The van der Waals surface area contributed by atoms with E-state index in [2.05, 4.69) is 25.2 Å². The highest BCUT2D eigenvalue weighted by Crippen LogP contribution is 2.20. The molecule has 0 atom stereocenters. The summed E-state index contributed by atoms with van der Waals surface area (Å²) >= 11 is 0. The van der Waals surface area contributed by atoms with E-state index in [9.17, 15) is 12.8 Å². The lowest BCUT2D eigenvalue weighted by molar-refractivity contribution is 0.457. The lowest BCUT2D eigenvalue weighted by Gasteiger charge is -2.09. The molecular weight excluding hydrogens is 411 g/mol. The third-order valence-corrected chi connectivity index (χ3v) is 5.42. The smallest absolute Gasteiger partial charge is 0.240 e. The van der Waals surface area contributed by atoms with Gasteiger partial charge in [-0.25, -0.2) is 27.2 Å². The summed E-state index contributed by atoms with van der Waals surface area (Å²) in [5, 5.41) is 10.8. The van der Waals surface area contributed by atoms with Crippen molar-refractivity contribution in [1.82, 2.24) is 29.9 Å².